The molecule has 0 heterocycles. The van der Waals surface area contributed by atoms with Crippen molar-refractivity contribution in [1.29, 1.82) is 0 Å². The Labute approximate surface area is 227 Å². The Kier molecular flexibility index (Phi) is 12.1. The second-order valence-electron chi connectivity index (χ2n) is 9.68. The van der Waals surface area contributed by atoms with E-state index in [1.807, 2.05) is 0 Å². The lowest BCUT2D eigenvalue weighted by molar-refractivity contribution is -0.142. The van der Waals surface area contributed by atoms with Crippen LogP contribution in [0.4, 0.5) is 0 Å². The molecule has 39 heavy (non-hydrogen) atoms. The second kappa shape index (κ2) is 15.2. The van der Waals surface area contributed by atoms with Gasteiger partial charge >= 0.3 is 5.97 Å². The number of carbonyl (C=O) groups excluding carboxylic acids is 4. The van der Waals surface area contributed by atoms with Crippen LogP contribution in [-0.4, -0.2) is 58.9 Å². The molecule has 0 aromatic heterocycles. The summed E-state index contributed by atoms with van der Waals surface area (Å²) < 4.78 is 0. The number of hydrogen-bond donors (Lipinski definition) is 6. The molecule has 8 N–H and O–H groups in total. The number of nitrogens with two attached hydrogens (primary N) is 2. The smallest absolute Gasteiger partial charge is 0.326 e. The predicted octanol–water partition coefficient (Wildman–Crippen LogP) is 0.260. The summed E-state index contributed by atoms with van der Waals surface area (Å²) in [4.78, 5) is 62.5. The topological polar surface area (TPSA) is 194 Å². The molecular weight excluding hydrogens is 502 g/mol. The van der Waals surface area contributed by atoms with Crippen LogP contribution in [-0.2, 0) is 36.8 Å². The van der Waals surface area contributed by atoms with Crippen LogP contribution in [0.5, 0.6) is 0 Å². The van der Waals surface area contributed by atoms with Crippen molar-refractivity contribution in [3.8, 4) is 0 Å². The third kappa shape index (κ3) is 10.6. The monoisotopic (exact) mass is 539 g/mol. The van der Waals surface area contributed by atoms with Crippen LogP contribution in [0.25, 0.3) is 0 Å². The zero-order valence-electron chi connectivity index (χ0n) is 22.1. The average molecular weight is 540 g/mol. The number of hydrogen-bond acceptors (Lipinski definition) is 6. The third-order valence-corrected chi connectivity index (χ3v) is 6.15. The van der Waals surface area contributed by atoms with Crippen molar-refractivity contribution >= 4 is 29.6 Å². The summed E-state index contributed by atoms with van der Waals surface area (Å²) in [5, 5.41) is 17.4. The van der Waals surface area contributed by atoms with Gasteiger partial charge in [0.1, 0.15) is 18.1 Å². The molecule has 0 aliphatic rings. The quantitative estimate of drug-likeness (QED) is 0.187. The van der Waals surface area contributed by atoms with E-state index in [9.17, 15) is 29.1 Å². The van der Waals surface area contributed by atoms with Gasteiger partial charge in [0.25, 0.3) is 0 Å². The van der Waals surface area contributed by atoms with Crippen molar-refractivity contribution < 1.29 is 29.1 Å². The number of nitrogens with one attached hydrogen (secondary N) is 3. The summed E-state index contributed by atoms with van der Waals surface area (Å²) in [5.41, 5.74) is 12.6. The van der Waals surface area contributed by atoms with Crippen molar-refractivity contribution in [2.24, 2.45) is 17.4 Å². The highest BCUT2D eigenvalue weighted by atomic mass is 16.4. The van der Waals surface area contributed by atoms with Crippen molar-refractivity contribution in [1.82, 2.24) is 16.0 Å². The third-order valence-electron chi connectivity index (χ3n) is 6.15. The molecule has 0 aliphatic heterocycles. The second-order valence-corrected chi connectivity index (χ2v) is 9.68. The number of aliphatic carboxylic acids is 1. The van der Waals surface area contributed by atoms with E-state index < -0.39 is 53.8 Å². The number of rotatable bonds is 15. The highest BCUT2D eigenvalue weighted by molar-refractivity contribution is 5.94. The number of carbonyl (C=O) groups is 5. The fraction of sp³-hybridized carbons (Fsp3) is 0.393. The van der Waals surface area contributed by atoms with Gasteiger partial charge in [0.2, 0.25) is 23.6 Å². The molecular formula is C28H37N5O6. The van der Waals surface area contributed by atoms with Crippen LogP contribution in [0.3, 0.4) is 0 Å². The van der Waals surface area contributed by atoms with Crippen LogP contribution in [0.2, 0.25) is 0 Å². The van der Waals surface area contributed by atoms with Gasteiger partial charge in [0.15, 0.2) is 0 Å². The number of carboxylic acids is 1. The van der Waals surface area contributed by atoms with Crippen LogP contribution in [0.1, 0.15) is 37.8 Å². The number of amides is 4. The van der Waals surface area contributed by atoms with Gasteiger partial charge in [-0.2, -0.15) is 0 Å². The van der Waals surface area contributed by atoms with E-state index in [-0.39, 0.29) is 31.6 Å². The number of primary amides is 1. The number of benzene rings is 2. The molecule has 4 atom stereocenters. The zero-order valence-corrected chi connectivity index (χ0v) is 22.1. The molecule has 0 spiro atoms. The molecule has 0 bridgehead atoms. The maximum absolute atomic E-state index is 13.3. The summed E-state index contributed by atoms with van der Waals surface area (Å²) in [6, 6.07) is 13.2. The minimum Gasteiger partial charge on any atom is -0.480 e. The van der Waals surface area contributed by atoms with Crippen LogP contribution >= 0.6 is 0 Å². The highest BCUT2D eigenvalue weighted by Gasteiger charge is 2.31. The minimum absolute atomic E-state index is 0.0400. The Balaban J connectivity index is 2.26. The fourth-order valence-corrected chi connectivity index (χ4v) is 3.78. The molecule has 4 unspecified atom stereocenters. The van der Waals surface area contributed by atoms with Crippen molar-refractivity contribution in [3.63, 3.8) is 0 Å². The first-order chi connectivity index (χ1) is 18.5. The van der Waals surface area contributed by atoms with Gasteiger partial charge in [-0.3, -0.25) is 19.2 Å². The van der Waals surface area contributed by atoms with Crippen LogP contribution < -0.4 is 27.4 Å². The van der Waals surface area contributed by atoms with Gasteiger partial charge in [-0.1, -0.05) is 74.5 Å². The van der Waals surface area contributed by atoms with Gasteiger partial charge in [-0.15, -0.1) is 0 Å². The van der Waals surface area contributed by atoms with E-state index in [1.165, 1.54) is 0 Å². The van der Waals surface area contributed by atoms with E-state index in [0.717, 1.165) is 0 Å². The standard InChI is InChI=1S/C28H37N5O6/c1-17(2)24(30)27(37)31-20(13-14-23(29)34)25(35)32-21(15-18-9-5-3-6-10-18)26(36)33-22(28(38)39)16-19-11-7-4-8-12-19/h3-12,17,20-22,24H,13-16,30H2,1-2H3,(H2,29,34)(H,31,37)(H,32,35)(H,33,36)(H,38,39). The first-order valence-electron chi connectivity index (χ1n) is 12.7. The molecule has 210 valence electrons. The molecule has 0 saturated carbocycles. The lowest BCUT2D eigenvalue weighted by Gasteiger charge is -2.26. The van der Waals surface area contributed by atoms with E-state index in [4.69, 9.17) is 11.5 Å². The highest BCUT2D eigenvalue weighted by Crippen LogP contribution is 2.09. The molecule has 2 aromatic carbocycles. The average Bonchev–Trinajstić information content (AvgIpc) is 2.90. The molecule has 2 rings (SSSR count). The van der Waals surface area contributed by atoms with Gasteiger partial charge < -0.3 is 32.5 Å². The lowest BCUT2D eigenvalue weighted by Crippen LogP contribution is -2.58. The van der Waals surface area contributed by atoms with E-state index >= 15 is 0 Å². The van der Waals surface area contributed by atoms with Gasteiger partial charge in [-0.25, -0.2) is 4.79 Å². The summed E-state index contributed by atoms with van der Waals surface area (Å²) in [5.74, 6) is -4.14. The number of carboxylic acid groups (broad SMARTS) is 1. The maximum atomic E-state index is 13.3. The molecule has 2 aromatic rings. The van der Waals surface area contributed by atoms with Gasteiger partial charge in [0.05, 0.1) is 6.04 Å². The Morgan fingerprint density at radius 2 is 1.15 bits per heavy atom. The largest absolute Gasteiger partial charge is 0.480 e. The van der Waals surface area contributed by atoms with Crippen molar-refractivity contribution in [3.05, 3.63) is 71.8 Å². The first-order valence-corrected chi connectivity index (χ1v) is 12.7. The SMILES string of the molecule is CC(C)C(N)C(=O)NC(CCC(N)=O)C(=O)NC(Cc1ccccc1)C(=O)NC(Cc1ccccc1)C(=O)O. The maximum Gasteiger partial charge on any atom is 0.326 e. The summed E-state index contributed by atoms with van der Waals surface area (Å²) in [6.45, 7) is 3.49. The Bertz CT molecular complexity index is 1130. The first kappa shape index (κ1) is 31.0. The predicted molar refractivity (Wildman–Crippen MR) is 145 cm³/mol. The van der Waals surface area contributed by atoms with Gasteiger partial charge in [-0.05, 0) is 23.5 Å². The van der Waals surface area contributed by atoms with Crippen LogP contribution in [0.15, 0.2) is 60.7 Å². The Morgan fingerprint density at radius 1 is 0.718 bits per heavy atom. The summed E-state index contributed by atoms with van der Waals surface area (Å²) in [6.07, 6.45) is -0.206. The van der Waals surface area contributed by atoms with E-state index in [2.05, 4.69) is 16.0 Å². The van der Waals surface area contributed by atoms with E-state index in [0.29, 0.717) is 11.1 Å². The summed E-state index contributed by atoms with van der Waals surface area (Å²) in [7, 11) is 0. The Morgan fingerprint density at radius 3 is 1.62 bits per heavy atom. The Hall–Kier alpha value is -4.25. The summed E-state index contributed by atoms with van der Waals surface area (Å²) >= 11 is 0. The minimum atomic E-state index is -1.25. The molecule has 11 heteroatoms. The van der Waals surface area contributed by atoms with Gasteiger partial charge in [0, 0.05) is 19.3 Å². The molecule has 0 radical (unpaired) electrons. The normalized spacial score (nSPS) is 13.9. The molecule has 0 aliphatic carbocycles. The van der Waals surface area contributed by atoms with E-state index in [1.54, 1.807) is 74.5 Å². The molecule has 0 saturated heterocycles. The fourth-order valence-electron chi connectivity index (χ4n) is 3.78. The molecule has 11 nitrogen and oxygen atoms in total. The molecule has 4 amide bonds. The molecule has 0 fully saturated rings. The van der Waals surface area contributed by atoms with Crippen molar-refractivity contribution in [2.45, 2.75) is 63.7 Å². The van der Waals surface area contributed by atoms with Crippen LogP contribution in [0, 0.1) is 5.92 Å². The lowest BCUT2D eigenvalue weighted by atomic mass is 10.0. The zero-order chi connectivity index (χ0) is 28.9. The van der Waals surface area contributed by atoms with Crippen molar-refractivity contribution in [2.75, 3.05) is 0 Å².